The van der Waals surface area contributed by atoms with Crippen LogP contribution in [0.3, 0.4) is 0 Å². The van der Waals surface area contributed by atoms with Crippen LogP contribution in [0.15, 0.2) is 0 Å². The molecule has 0 aliphatic rings. The van der Waals surface area contributed by atoms with E-state index in [4.69, 9.17) is 0 Å². The van der Waals surface area contributed by atoms with Gasteiger partial charge in [0.1, 0.15) is 5.69 Å². The largest absolute Gasteiger partial charge is 0.375 e. The maximum atomic E-state index is 13.3. The van der Waals surface area contributed by atoms with Crippen molar-refractivity contribution in [1.29, 1.82) is 0 Å². The number of rotatable bonds is 3. The van der Waals surface area contributed by atoms with Crippen molar-refractivity contribution in [2.24, 2.45) is 0 Å². The summed E-state index contributed by atoms with van der Waals surface area (Å²) in [7, 11) is 0. The Kier molecular flexibility index (Phi) is 3.64. The predicted octanol–water partition coefficient (Wildman–Crippen LogP) is 3.98. The second kappa shape index (κ2) is 4.50. The SMILES string of the molecule is CCC(C)(C)Nc1c(F)c(F)c(F)c(F)c1F. The van der Waals surface area contributed by atoms with Gasteiger partial charge in [0.05, 0.1) is 0 Å². The molecule has 1 aromatic rings. The summed E-state index contributed by atoms with van der Waals surface area (Å²) in [6.45, 7) is 4.90. The number of hydrogen-bond acceptors (Lipinski definition) is 1. The van der Waals surface area contributed by atoms with Crippen molar-refractivity contribution in [3.8, 4) is 0 Å². The van der Waals surface area contributed by atoms with Gasteiger partial charge in [0.2, 0.25) is 5.82 Å². The summed E-state index contributed by atoms with van der Waals surface area (Å²) >= 11 is 0. The highest BCUT2D eigenvalue weighted by Crippen LogP contribution is 2.29. The topological polar surface area (TPSA) is 12.0 Å². The quantitative estimate of drug-likeness (QED) is 0.488. The number of nitrogens with one attached hydrogen (secondary N) is 1. The van der Waals surface area contributed by atoms with E-state index in [-0.39, 0.29) is 0 Å². The first-order chi connectivity index (χ1) is 7.71. The van der Waals surface area contributed by atoms with Crippen LogP contribution >= 0.6 is 0 Å². The molecular formula is C11H12F5N. The monoisotopic (exact) mass is 253 g/mol. The van der Waals surface area contributed by atoms with Crippen LogP contribution in [0.1, 0.15) is 27.2 Å². The van der Waals surface area contributed by atoms with Gasteiger partial charge in [0.25, 0.3) is 0 Å². The Hall–Kier alpha value is -1.33. The molecule has 0 saturated heterocycles. The molecule has 1 nitrogen and oxygen atoms in total. The average Bonchev–Trinajstić information content (AvgIpc) is 2.30. The van der Waals surface area contributed by atoms with Crippen LogP contribution in [0.25, 0.3) is 0 Å². The van der Waals surface area contributed by atoms with Crippen LogP contribution in [0.4, 0.5) is 27.6 Å². The number of halogens is 5. The van der Waals surface area contributed by atoms with Crippen LogP contribution in [0, 0.1) is 29.1 Å². The van der Waals surface area contributed by atoms with E-state index in [0.29, 0.717) is 6.42 Å². The van der Waals surface area contributed by atoms with E-state index in [9.17, 15) is 22.0 Å². The summed E-state index contributed by atoms with van der Waals surface area (Å²) < 4.78 is 65.1. The zero-order valence-electron chi connectivity index (χ0n) is 9.60. The minimum atomic E-state index is -2.15. The van der Waals surface area contributed by atoms with E-state index in [1.54, 1.807) is 20.8 Å². The summed E-state index contributed by atoms with van der Waals surface area (Å²) in [5.41, 5.74) is -1.77. The second-order valence-corrected chi connectivity index (χ2v) is 4.31. The summed E-state index contributed by atoms with van der Waals surface area (Å²) in [6.07, 6.45) is 0.451. The molecule has 17 heavy (non-hydrogen) atoms. The van der Waals surface area contributed by atoms with Crippen molar-refractivity contribution in [3.05, 3.63) is 29.1 Å². The zero-order valence-corrected chi connectivity index (χ0v) is 9.60. The lowest BCUT2D eigenvalue weighted by atomic mass is 10.0. The Balaban J connectivity index is 3.35. The highest BCUT2D eigenvalue weighted by Gasteiger charge is 2.28. The average molecular weight is 253 g/mol. The van der Waals surface area contributed by atoms with E-state index in [2.05, 4.69) is 5.32 Å². The Morgan fingerprint density at radius 2 is 1.18 bits per heavy atom. The fourth-order valence-electron chi connectivity index (χ4n) is 1.14. The van der Waals surface area contributed by atoms with Gasteiger partial charge in [-0.3, -0.25) is 0 Å². The molecule has 0 heterocycles. The fraction of sp³-hybridized carbons (Fsp3) is 0.455. The first kappa shape index (κ1) is 13.7. The molecule has 0 spiro atoms. The second-order valence-electron chi connectivity index (χ2n) is 4.31. The minimum Gasteiger partial charge on any atom is -0.375 e. The Labute approximate surface area is 95.6 Å². The molecule has 0 saturated carbocycles. The lowest BCUT2D eigenvalue weighted by molar-refractivity contribution is 0.378. The van der Waals surface area contributed by atoms with Gasteiger partial charge in [-0.15, -0.1) is 0 Å². The highest BCUT2D eigenvalue weighted by molar-refractivity contribution is 5.49. The molecule has 0 aromatic heterocycles. The molecule has 1 aromatic carbocycles. The minimum absolute atomic E-state index is 0.451. The zero-order chi connectivity index (χ0) is 13.4. The van der Waals surface area contributed by atoms with Gasteiger partial charge in [-0.25, -0.2) is 22.0 Å². The normalized spacial score (nSPS) is 11.8. The molecular weight excluding hydrogens is 241 g/mol. The lowest BCUT2D eigenvalue weighted by Crippen LogP contribution is -2.31. The molecule has 0 unspecified atom stereocenters. The number of hydrogen-bond donors (Lipinski definition) is 1. The Morgan fingerprint density at radius 3 is 1.53 bits per heavy atom. The van der Waals surface area contributed by atoms with Crippen LogP contribution < -0.4 is 5.32 Å². The molecule has 0 amide bonds. The first-order valence-corrected chi connectivity index (χ1v) is 5.01. The molecule has 1 N–H and O–H groups in total. The van der Waals surface area contributed by atoms with Gasteiger partial charge in [0, 0.05) is 5.54 Å². The van der Waals surface area contributed by atoms with E-state index in [1.807, 2.05) is 0 Å². The number of benzene rings is 1. The van der Waals surface area contributed by atoms with Crippen LogP contribution in [0.5, 0.6) is 0 Å². The standard InChI is InChI=1S/C11H12F5N/c1-4-11(2,3)17-10-8(15)6(13)5(12)7(14)9(10)16/h17H,4H2,1-3H3. The van der Waals surface area contributed by atoms with E-state index < -0.39 is 40.3 Å². The van der Waals surface area contributed by atoms with Crippen molar-refractivity contribution in [3.63, 3.8) is 0 Å². The first-order valence-electron chi connectivity index (χ1n) is 5.01. The van der Waals surface area contributed by atoms with Crippen molar-refractivity contribution in [2.45, 2.75) is 32.7 Å². The van der Waals surface area contributed by atoms with E-state index in [1.165, 1.54) is 0 Å². The van der Waals surface area contributed by atoms with Crippen molar-refractivity contribution < 1.29 is 22.0 Å². The van der Waals surface area contributed by atoms with Crippen molar-refractivity contribution >= 4 is 5.69 Å². The molecule has 96 valence electrons. The van der Waals surface area contributed by atoms with Crippen LogP contribution in [-0.4, -0.2) is 5.54 Å². The third-order valence-electron chi connectivity index (χ3n) is 2.56. The van der Waals surface area contributed by atoms with Gasteiger partial charge in [0.15, 0.2) is 23.3 Å². The smallest absolute Gasteiger partial charge is 0.200 e. The maximum absolute atomic E-state index is 13.3. The summed E-state index contributed by atoms with van der Waals surface area (Å²) in [6, 6.07) is 0. The summed E-state index contributed by atoms with van der Waals surface area (Å²) in [5.74, 6) is -9.73. The van der Waals surface area contributed by atoms with Crippen LogP contribution in [-0.2, 0) is 0 Å². The summed E-state index contributed by atoms with van der Waals surface area (Å²) in [5, 5.41) is 2.32. The van der Waals surface area contributed by atoms with Gasteiger partial charge in [-0.05, 0) is 20.3 Å². The Morgan fingerprint density at radius 1 is 0.824 bits per heavy atom. The molecule has 0 atom stereocenters. The molecule has 0 aliphatic heterocycles. The number of anilines is 1. The van der Waals surface area contributed by atoms with Crippen molar-refractivity contribution in [1.82, 2.24) is 0 Å². The van der Waals surface area contributed by atoms with Gasteiger partial charge in [-0.1, -0.05) is 6.92 Å². The van der Waals surface area contributed by atoms with E-state index in [0.717, 1.165) is 0 Å². The summed E-state index contributed by atoms with van der Waals surface area (Å²) in [4.78, 5) is 0. The molecule has 6 heteroatoms. The van der Waals surface area contributed by atoms with Gasteiger partial charge < -0.3 is 5.32 Å². The molecule has 0 fully saturated rings. The van der Waals surface area contributed by atoms with Gasteiger partial charge >= 0.3 is 0 Å². The van der Waals surface area contributed by atoms with E-state index >= 15 is 0 Å². The molecule has 1 rings (SSSR count). The molecule has 0 aliphatic carbocycles. The maximum Gasteiger partial charge on any atom is 0.200 e. The molecule has 0 bridgehead atoms. The third kappa shape index (κ3) is 2.50. The fourth-order valence-corrected chi connectivity index (χ4v) is 1.14. The van der Waals surface area contributed by atoms with Crippen LogP contribution in [0.2, 0.25) is 0 Å². The molecule has 0 radical (unpaired) electrons. The highest BCUT2D eigenvalue weighted by atomic mass is 19.2. The lowest BCUT2D eigenvalue weighted by Gasteiger charge is -2.26. The predicted molar refractivity (Wildman–Crippen MR) is 54.2 cm³/mol. The Bertz CT molecular complexity index is 413. The third-order valence-corrected chi connectivity index (χ3v) is 2.56. The van der Waals surface area contributed by atoms with Crippen molar-refractivity contribution in [2.75, 3.05) is 5.32 Å². The van der Waals surface area contributed by atoms with Gasteiger partial charge in [-0.2, -0.15) is 0 Å².